The average molecular weight is 391 g/mol. The second-order valence-corrected chi connectivity index (χ2v) is 6.79. The molecule has 0 radical (unpaired) electrons. The van der Waals surface area contributed by atoms with Crippen LogP contribution in [-0.4, -0.2) is 27.2 Å². The Morgan fingerprint density at radius 3 is 2.62 bits per heavy atom. The van der Waals surface area contributed by atoms with Crippen LogP contribution in [0, 0.1) is 0 Å². The topological polar surface area (TPSA) is 75.5 Å². The standard InChI is InChI=1S/C18H16Cl2N4O2/c1-10(2)21-18(26)16-23-15(14-5-3-4-8-24(14)16)17(25)22-13-9-11(19)6-7-12(13)20/h3-10H,1-2H3,(H,21,26)(H,22,25). The fourth-order valence-corrected chi connectivity index (χ4v) is 2.80. The van der Waals surface area contributed by atoms with E-state index >= 15 is 0 Å². The van der Waals surface area contributed by atoms with Crippen molar-refractivity contribution in [3.63, 3.8) is 0 Å². The summed E-state index contributed by atoms with van der Waals surface area (Å²) in [5.74, 6) is -0.709. The number of benzene rings is 1. The molecule has 134 valence electrons. The third-order valence-electron chi connectivity index (χ3n) is 3.56. The van der Waals surface area contributed by atoms with Gasteiger partial charge in [-0.1, -0.05) is 29.3 Å². The molecule has 0 atom stereocenters. The molecule has 0 bridgehead atoms. The van der Waals surface area contributed by atoms with E-state index in [0.717, 1.165) is 0 Å². The number of fused-ring (bicyclic) bond motifs is 1. The maximum absolute atomic E-state index is 12.7. The molecule has 0 aliphatic carbocycles. The molecule has 1 aromatic carbocycles. The molecule has 2 N–H and O–H groups in total. The van der Waals surface area contributed by atoms with Crippen molar-refractivity contribution < 1.29 is 9.59 Å². The summed E-state index contributed by atoms with van der Waals surface area (Å²) >= 11 is 12.0. The van der Waals surface area contributed by atoms with Gasteiger partial charge >= 0.3 is 0 Å². The number of imidazole rings is 1. The monoisotopic (exact) mass is 390 g/mol. The SMILES string of the molecule is CC(C)NC(=O)c1nc(C(=O)Nc2cc(Cl)ccc2Cl)c2ccccn12. The first-order chi connectivity index (χ1) is 12.4. The summed E-state index contributed by atoms with van der Waals surface area (Å²) in [6.45, 7) is 3.70. The maximum Gasteiger partial charge on any atom is 0.287 e. The van der Waals surface area contributed by atoms with Crippen molar-refractivity contribution in [2.45, 2.75) is 19.9 Å². The molecular formula is C18H16Cl2N4O2. The summed E-state index contributed by atoms with van der Waals surface area (Å²) in [6, 6.07) is 9.95. The highest BCUT2D eigenvalue weighted by Crippen LogP contribution is 2.26. The van der Waals surface area contributed by atoms with Gasteiger partial charge in [0.1, 0.15) is 0 Å². The zero-order valence-corrected chi connectivity index (χ0v) is 15.6. The van der Waals surface area contributed by atoms with Crippen LogP contribution in [0.2, 0.25) is 10.0 Å². The minimum atomic E-state index is -0.485. The molecule has 0 aliphatic rings. The maximum atomic E-state index is 12.7. The Morgan fingerprint density at radius 2 is 1.88 bits per heavy atom. The number of nitrogens with zero attached hydrogens (tertiary/aromatic N) is 2. The van der Waals surface area contributed by atoms with Crippen molar-refractivity contribution in [1.82, 2.24) is 14.7 Å². The zero-order chi connectivity index (χ0) is 18.8. The van der Waals surface area contributed by atoms with Gasteiger partial charge in [-0.05, 0) is 44.2 Å². The third kappa shape index (κ3) is 3.66. The number of aromatic nitrogens is 2. The van der Waals surface area contributed by atoms with E-state index in [4.69, 9.17) is 23.2 Å². The molecule has 2 heterocycles. The predicted octanol–water partition coefficient (Wildman–Crippen LogP) is 4.03. The van der Waals surface area contributed by atoms with Crippen LogP contribution in [-0.2, 0) is 0 Å². The van der Waals surface area contributed by atoms with Crippen LogP contribution in [0.3, 0.4) is 0 Å². The van der Waals surface area contributed by atoms with Gasteiger partial charge in [0.05, 0.1) is 16.2 Å². The molecular weight excluding hydrogens is 375 g/mol. The van der Waals surface area contributed by atoms with Gasteiger partial charge in [-0.3, -0.25) is 14.0 Å². The van der Waals surface area contributed by atoms with Gasteiger partial charge in [0.15, 0.2) is 5.69 Å². The van der Waals surface area contributed by atoms with E-state index < -0.39 is 5.91 Å². The smallest absolute Gasteiger partial charge is 0.287 e. The fourth-order valence-electron chi connectivity index (χ4n) is 2.47. The highest BCUT2D eigenvalue weighted by atomic mass is 35.5. The van der Waals surface area contributed by atoms with Gasteiger partial charge < -0.3 is 10.6 Å². The number of hydrogen-bond acceptors (Lipinski definition) is 3. The highest BCUT2D eigenvalue weighted by molar-refractivity contribution is 6.36. The second-order valence-electron chi connectivity index (χ2n) is 5.95. The number of hydrogen-bond donors (Lipinski definition) is 2. The molecule has 3 rings (SSSR count). The molecule has 2 amide bonds. The Hall–Kier alpha value is -2.57. The first kappa shape index (κ1) is 18.2. The van der Waals surface area contributed by atoms with Crippen LogP contribution in [0.15, 0.2) is 42.6 Å². The minimum absolute atomic E-state index is 0.0545. The minimum Gasteiger partial charge on any atom is -0.347 e. The molecule has 6 nitrogen and oxygen atoms in total. The van der Waals surface area contributed by atoms with Gasteiger partial charge in [0, 0.05) is 17.3 Å². The van der Waals surface area contributed by atoms with E-state index in [0.29, 0.717) is 21.2 Å². The van der Waals surface area contributed by atoms with Crippen LogP contribution in [0.1, 0.15) is 35.0 Å². The van der Waals surface area contributed by atoms with Gasteiger partial charge in [-0.25, -0.2) is 4.98 Å². The van der Waals surface area contributed by atoms with Crippen LogP contribution in [0.25, 0.3) is 5.52 Å². The molecule has 0 unspecified atom stereocenters. The van der Waals surface area contributed by atoms with E-state index in [1.165, 1.54) is 0 Å². The lowest BCUT2D eigenvalue weighted by Crippen LogP contribution is -2.31. The average Bonchev–Trinajstić information content (AvgIpc) is 2.97. The van der Waals surface area contributed by atoms with E-state index in [2.05, 4.69) is 15.6 Å². The molecule has 8 heteroatoms. The van der Waals surface area contributed by atoms with Crippen molar-refractivity contribution in [2.75, 3.05) is 5.32 Å². The Bertz CT molecular complexity index is 998. The predicted molar refractivity (Wildman–Crippen MR) is 102 cm³/mol. The first-order valence-corrected chi connectivity index (χ1v) is 8.66. The Labute approximate surface area is 160 Å². The Balaban J connectivity index is 2.01. The van der Waals surface area contributed by atoms with Crippen LogP contribution >= 0.6 is 23.2 Å². The fraction of sp³-hybridized carbons (Fsp3) is 0.167. The number of pyridine rings is 1. The van der Waals surface area contributed by atoms with Crippen molar-refractivity contribution >= 4 is 46.2 Å². The number of carbonyl (C=O) groups is 2. The molecule has 0 saturated heterocycles. The van der Waals surface area contributed by atoms with Gasteiger partial charge in [-0.2, -0.15) is 0 Å². The summed E-state index contributed by atoms with van der Waals surface area (Å²) in [6.07, 6.45) is 1.68. The Morgan fingerprint density at radius 1 is 1.12 bits per heavy atom. The summed E-state index contributed by atoms with van der Waals surface area (Å²) < 4.78 is 1.58. The second kappa shape index (κ2) is 7.35. The van der Waals surface area contributed by atoms with Gasteiger partial charge in [0.25, 0.3) is 11.8 Å². The molecule has 2 aromatic heterocycles. The van der Waals surface area contributed by atoms with Crippen LogP contribution in [0.5, 0.6) is 0 Å². The number of amides is 2. The summed E-state index contributed by atoms with van der Waals surface area (Å²) in [5.41, 5.74) is 1.00. The molecule has 0 spiro atoms. The number of anilines is 1. The number of rotatable bonds is 4. The van der Waals surface area contributed by atoms with Crippen molar-refractivity contribution in [3.05, 3.63) is 64.2 Å². The van der Waals surface area contributed by atoms with Crippen molar-refractivity contribution in [1.29, 1.82) is 0 Å². The lowest BCUT2D eigenvalue weighted by molar-refractivity contribution is 0.0932. The third-order valence-corrected chi connectivity index (χ3v) is 4.13. The Kier molecular flexibility index (Phi) is 5.15. The van der Waals surface area contributed by atoms with E-state index in [1.54, 1.807) is 47.0 Å². The number of halogens is 2. The van der Waals surface area contributed by atoms with Crippen LogP contribution < -0.4 is 10.6 Å². The van der Waals surface area contributed by atoms with Crippen molar-refractivity contribution in [2.24, 2.45) is 0 Å². The lowest BCUT2D eigenvalue weighted by atomic mass is 10.3. The quantitative estimate of drug-likeness (QED) is 0.705. The number of nitrogens with one attached hydrogen (secondary N) is 2. The number of carbonyl (C=O) groups excluding carboxylic acids is 2. The summed E-state index contributed by atoms with van der Waals surface area (Å²) in [7, 11) is 0. The molecule has 0 aliphatic heterocycles. The van der Waals surface area contributed by atoms with E-state index in [-0.39, 0.29) is 23.5 Å². The van der Waals surface area contributed by atoms with Gasteiger partial charge in [0.2, 0.25) is 5.82 Å². The molecule has 0 fully saturated rings. The van der Waals surface area contributed by atoms with Crippen LogP contribution in [0.4, 0.5) is 5.69 Å². The van der Waals surface area contributed by atoms with Crippen molar-refractivity contribution in [3.8, 4) is 0 Å². The largest absolute Gasteiger partial charge is 0.347 e. The summed E-state index contributed by atoms with van der Waals surface area (Å²) in [4.78, 5) is 29.4. The normalized spacial score (nSPS) is 11.0. The van der Waals surface area contributed by atoms with E-state index in [9.17, 15) is 9.59 Å². The molecule has 3 aromatic rings. The zero-order valence-electron chi connectivity index (χ0n) is 14.1. The summed E-state index contributed by atoms with van der Waals surface area (Å²) in [5, 5.41) is 6.26. The molecule has 26 heavy (non-hydrogen) atoms. The van der Waals surface area contributed by atoms with Gasteiger partial charge in [-0.15, -0.1) is 0 Å². The highest BCUT2D eigenvalue weighted by Gasteiger charge is 2.22. The first-order valence-electron chi connectivity index (χ1n) is 7.91. The lowest BCUT2D eigenvalue weighted by Gasteiger charge is -2.06. The van der Waals surface area contributed by atoms with E-state index in [1.807, 2.05) is 13.8 Å². The molecule has 0 saturated carbocycles.